The number of ether oxygens (including phenoxy) is 1. The molecule has 2 aromatic carbocycles. The summed E-state index contributed by atoms with van der Waals surface area (Å²) < 4.78 is 7.96. The van der Waals surface area contributed by atoms with Crippen LogP contribution >= 0.6 is 0 Å². The number of hydrogen-bond donors (Lipinski definition) is 2. The molecule has 10 nitrogen and oxygen atoms in total. The Morgan fingerprint density at radius 2 is 1.95 bits per heavy atom. The highest BCUT2D eigenvalue weighted by Gasteiger charge is 2.23. The first-order chi connectivity index (χ1) is 20.8. The number of amides is 1. The Morgan fingerprint density at radius 1 is 1.07 bits per heavy atom. The number of aromatic nitrogens is 5. The van der Waals surface area contributed by atoms with E-state index < -0.39 is 5.41 Å². The molecular formula is C33H32N8O2. The number of pyridine rings is 1. The number of nitriles is 1. The molecule has 1 unspecified atom stereocenters. The molecule has 1 fully saturated rings. The molecule has 0 bridgehead atoms. The lowest BCUT2D eigenvalue weighted by Crippen LogP contribution is -2.17. The smallest absolute Gasteiger partial charge is 0.255 e. The third-order valence-corrected chi connectivity index (χ3v) is 7.76. The van der Waals surface area contributed by atoms with Crippen LogP contribution in [0.3, 0.4) is 0 Å². The van der Waals surface area contributed by atoms with Crippen molar-refractivity contribution in [3.63, 3.8) is 0 Å². The van der Waals surface area contributed by atoms with Crippen molar-refractivity contribution in [3.8, 4) is 17.3 Å². The van der Waals surface area contributed by atoms with E-state index in [0.29, 0.717) is 28.3 Å². The van der Waals surface area contributed by atoms with E-state index in [1.165, 1.54) is 0 Å². The summed E-state index contributed by atoms with van der Waals surface area (Å²) >= 11 is 0. The zero-order valence-corrected chi connectivity index (χ0v) is 24.3. The van der Waals surface area contributed by atoms with E-state index in [2.05, 4.69) is 36.6 Å². The van der Waals surface area contributed by atoms with Crippen molar-refractivity contribution in [2.75, 3.05) is 17.2 Å². The molecule has 0 aliphatic carbocycles. The molecule has 0 spiro atoms. The number of anilines is 3. The van der Waals surface area contributed by atoms with Crippen LogP contribution in [0.4, 0.5) is 17.2 Å². The zero-order chi connectivity index (χ0) is 30.0. The van der Waals surface area contributed by atoms with Gasteiger partial charge in [-0.2, -0.15) is 5.26 Å². The van der Waals surface area contributed by atoms with E-state index in [1.54, 1.807) is 37.1 Å². The summed E-state index contributed by atoms with van der Waals surface area (Å²) in [5.74, 6) is 0.341. The average Bonchev–Trinajstić information content (AvgIpc) is 3.48. The van der Waals surface area contributed by atoms with Crippen LogP contribution < -0.4 is 10.6 Å². The van der Waals surface area contributed by atoms with Crippen LogP contribution in [-0.2, 0) is 10.2 Å². The molecule has 10 heteroatoms. The van der Waals surface area contributed by atoms with Crippen LogP contribution in [0, 0.1) is 18.3 Å². The summed E-state index contributed by atoms with van der Waals surface area (Å²) in [5, 5.41) is 15.9. The standard InChI is InChI=1S/C33H32N8O2/c1-21-12-13-24(39-32(42)22-8-6-9-23(16-22)33(2,3)18-34)17-26(21)40-30-25(10-7-14-35-30)28-29-31(37-19-36-28)41(20-38-29)27-11-4-5-15-43-27/h6-10,12-14,16-17,19-20,27H,4-5,11,15H2,1-3H3,(H,35,40)(H,39,42). The molecule has 0 saturated carbocycles. The summed E-state index contributed by atoms with van der Waals surface area (Å²) in [5.41, 5.74) is 5.77. The Balaban J connectivity index is 1.28. The summed E-state index contributed by atoms with van der Waals surface area (Å²) in [6.45, 7) is 6.37. The molecule has 1 aliphatic rings. The second kappa shape index (κ2) is 11.6. The Kier molecular flexibility index (Phi) is 7.57. The number of fused-ring (bicyclic) bond motifs is 1. The minimum Gasteiger partial charge on any atom is -0.358 e. The largest absolute Gasteiger partial charge is 0.358 e. The van der Waals surface area contributed by atoms with Crippen molar-refractivity contribution in [2.45, 2.75) is 51.7 Å². The molecule has 1 amide bonds. The monoisotopic (exact) mass is 572 g/mol. The van der Waals surface area contributed by atoms with Gasteiger partial charge in [0.05, 0.1) is 17.8 Å². The van der Waals surface area contributed by atoms with Gasteiger partial charge in [-0.15, -0.1) is 0 Å². The highest BCUT2D eigenvalue weighted by Crippen LogP contribution is 2.34. The molecule has 216 valence electrons. The van der Waals surface area contributed by atoms with Crippen molar-refractivity contribution in [1.29, 1.82) is 5.26 Å². The third-order valence-electron chi connectivity index (χ3n) is 7.76. The maximum Gasteiger partial charge on any atom is 0.255 e. The predicted octanol–water partition coefficient (Wildman–Crippen LogP) is 6.69. The molecule has 1 saturated heterocycles. The van der Waals surface area contributed by atoms with E-state index >= 15 is 0 Å². The van der Waals surface area contributed by atoms with Gasteiger partial charge in [-0.1, -0.05) is 18.2 Å². The minimum absolute atomic E-state index is 0.0890. The molecule has 43 heavy (non-hydrogen) atoms. The van der Waals surface area contributed by atoms with Gasteiger partial charge in [0, 0.05) is 35.3 Å². The van der Waals surface area contributed by atoms with Gasteiger partial charge >= 0.3 is 0 Å². The lowest BCUT2D eigenvalue weighted by atomic mass is 9.85. The predicted molar refractivity (Wildman–Crippen MR) is 165 cm³/mol. The first kappa shape index (κ1) is 28.0. The van der Waals surface area contributed by atoms with Crippen molar-refractivity contribution < 1.29 is 9.53 Å². The van der Waals surface area contributed by atoms with Gasteiger partial charge in [-0.05, 0) is 87.6 Å². The number of hydrogen-bond acceptors (Lipinski definition) is 8. The van der Waals surface area contributed by atoms with Gasteiger partial charge in [0.25, 0.3) is 5.91 Å². The number of nitrogens with one attached hydrogen (secondary N) is 2. The summed E-state index contributed by atoms with van der Waals surface area (Å²) in [4.78, 5) is 31.6. The van der Waals surface area contributed by atoms with E-state index in [0.717, 1.165) is 53.9 Å². The van der Waals surface area contributed by atoms with Gasteiger partial charge < -0.3 is 15.4 Å². The number of carbonyl (C=O) groups excluding carboxylic acids is 1. The summed E-state index contributed by atoms with van der Waals surface area (Å²) in [6.07, 6.45) is 8.03. The SMILES string of the molecule is Cc1ccc(NC(=O)c2cccc(C(C)(C)C#N)c2)cc1Nc1ncccc1-c1ncnc2c1ncn2C1CCCCO1. The van der Waals surface area contributed by atoms with Crippen molar-refractivity contribution >= 4 is 34.3 Å². The van der Waals surface area contributed by atoms with Crippen LogP contribution in [0.1, 0.15) is 60.8 Å². The number of imidazole rings is 1. The molecule has 2 N–H and O–H groups in total. The number of benzene rings is 2. The molecular weight excluding hydrogens is 540 g/mol. The Hall–Kier alpha value is -5.14. The fourth-order valence-electron chi connectivity index (χ4n) is 5.18. The third kappa shape index (κ3) is 5.67. The lowest BCUT2D eigenvalue weighted by molar-refractivity contribution is -0.0298. The van der Waals surface area contributed by atoms with Crippen LogP contribution in [0.15, 0.2) is 73.4 Å². The van der Waals surface area contributed by atoms with Gasteiger partial charge in [-0.25, -0.2) is 19.9 Å². The Bertz CT molecular complexity index is 1850. The molecule has 5 aromatic rings. The number of nitrogens with zero attached hydrogens (tertiary/aromatic N) is 6. The zero-order valence-electron chi connectivity index (χ0n) is 24.3. The second-order valence-electron chi connectivity index (χ2n) is 11.2. The quantitative estimate of drug-likeness (QED) is 0.220. The maximum atomic E-state index is 13.2. The fraction of sp³-hybridized carbons (Fsp3) is 0.273. The average molecular weight is 573 g/mol. The lowest BCUT2D eigenvalue weighted by Gasteiger charge is -2.23. The van der Waals surface area contributed by atoms with E-state index in [9.17, 15) is 10.1 Å². The van der Waals surface area contributed by atoms with E-state index in [4.69, 9.17) is 4.74 Å². The fourth-order valence-corrected chi connectivity index (χ4v) is 5.18. The molecule has 6 rings (SSSR count). The topological polar surface area (TPSA) is 131 Å². The van der Waals surface area contributed by atoms with Gasteiger partial charge in [0.2, 0.25) is 0 Å². The van der Waals surface area contributed by atoms with Gasteiger partial charge in [-0.3, -0.25) is 9.36 Å². The highest BCUT2D eigenvalue weighted by atomic mass is 16.5. The van der Waals surface area contributed by atoms with Crippen LogP contribution in [0.5, 0.6) is 0 Å². The first-order valence-electron chi connectivity index (χ1n) is 14.3. The van der Waals surface area contributed by atoms with Crippen LogP contribution in [0.2, 0.25) is 0 Å². The normalized spacial score (nSPS) is 15.2. The number of carbonyl (C=O) groups is 1. The second-order valence-corrected chi connectivity index (χ2v) is 11.2. The van der Waals surface area contributed by atoms with Crippen molar-refractivity contribution in [3.05, 3.63) is 90.1 Å². The molecule has 1 aliphatic heterocycles. The van der Waals surface area contributed by atoms with Crippen molar-refractivity contribution in [2.24, 2.45) is 0 Å². The summed E-state index contributed by atoms with van der Waals surface area (Å²) in [7, 11) is 0. The number of rotatable bonds is 7. The van der Waals surface area contributed by atoms with Crippen LogP contribution in [-0.4, -0.2) is 37.0 Å². The number of aryl methyl sites for hydroxylation is 1. The molecule has 4 heterocycles. The maximum absolute atomic E-state index is 13.2. The Labute approximate surface area is 249 Å². The highest BCUT2D eigenvalue weighted by molar-refractivity contribution is 6.04. The minimum atomic E-state index is -0.700. The molecule has 3 aromatic heterocycles. The van der Waals surface area contributed by atoms with E-state index in [1.807, 2.05) is 61.7 Å². The van der Waals surface area contributed by atoms with Crippen molar-refractivity contribution in [1.82, 2.24) is 24.5 Å². The summed E-state index contributed by atoms with van der Waals surface area (Å²) in [6, 6.07) is 18.9. The Morgan fingerprint density at radius 3 is 2.77 bits per heavy atom. The van der Waals surface area contributed by atoms with Gasteiger partial charge in [0.15, 0.2) is 5.65 Å². The first-order valence-corrected chi connectivity index (χ1v) is 14.3. The van der Waals surface area contributed by atoms with Crippen LogP contribution in [0.25, 0.3) is 22.4 Å². The molecule has 0 radical (unpaired) electrons. The van der Waals surface area contributed by atoms with E-state index in [-0.39, 0.29) is 12.1 Å². The van der Waals surface area contributed by atoms with Gasteiger partial charge in [0.1, 0.15) is 29.6 Å². The molecule has 1 atom stereocenters.